The van der Waals surface area contributed by atoms with E-state index < -0.39 is 0 Å². The minimum Gasteiger partial charge on any atom is -0.504 e. The number of phenols is 1. The molecule has 0 bridgehead atoms. The van der Waals surface area contributed by atoms with Crippen LogP contribution in [-0.4, -0.2) is 42.8 Å². The highest BCUT2D eigenvalue weighted by Crippen LogP contribution is 2.28. The minimum atomic E-state index is 0.0523. The Morgan fingerprint density at radius 2 is 2.29 bits per heavy atom. The number of para-hydroxylation sites is 1. The van der Waals surface area contributed by atoms with Gasteiger partial charge in [-0.3, -0.25) is 5.43 Å². The van der Waals surface area contributed by atoms with Gasteiger partial charge < -0.3 is 19.9 Å². The van der Waals surface area contributed by atoms with Crippen molar-refractivity contribution in [2.24, 2.45) is 5.10 Å². The van der Waals surface area contributed by atoms with Crippen molar-refractivity contribution >= 4 is 23.5 Å². The molecule has 3 N–H and O–H groups in total. The van der Waals surface area contributed by atoms with Crippen LogP contribution in [0, 0.1) is 0 Å². The molecule has 0 radical (unpaired) electrons. The first-order chi connectivity index (χ1) is 10.1. The smallest absolute Gasteiger partial charge is 0.187 e. The van der Waals surface area contributed by atoms with E-state index in [1.54, 1.807) is 25.3 Å². The number of methoxy groups -OCH3 is 1. The van der Waals surface area contributed by atoms with Crippen LogP contribution in [0.2, 0.25) is 0 Å². The SMILES string of the molecule is CCOc1cccc(/C=N/NC(=S)N[C@H](C)COC)c1O. The summed E-state index contributed by atoms with van der Waals surface area (Å²) in [6.45, 7) is 4.83. The van der Waals surface area contributed by atoms with Crippen LogP contribution in [0.4, 0.5) is 0 Å². The number of thiocarbonyl (C=S) groups is 1. The molecule has 21 heavy (non-hydrogen) atoms. The maximum atomic E-state index is 9.99. The summed E-state index contributed by atoms with van der Waals surface area (Å²) in [5, 5.41) is 17.4. The fourth-order valence-corrected chi connectivity index (χ4v) is 1.88. The van der Waals surface area contributed by atoms with Crippen LogP contribution in [0.3, 0.4) is 0 Å². The average molecular weight is 311 g/mol. The Bertz CT molecular complexity index is 494. The van der Waals surface area contributed by atoms with Gasteiger partial charge in [0.05, 0.1) is 19.4 Å². The summed E-state index contributed by atoms with van der Waals surface area (Å²) in [6, 6.07) is 5.29. The molecule has 0 spiro atoms. The lowest BCUT2D eigenvalue weighted by molar-refractivity contribution is 0.179. The van der Waals surface area contributed by atoms with Gasteiger partial charge in [-0.1, -0.05) is 6.07 Å². The average Bonchev–Trinajstić information content (AvgIpc) is 2.43. The van der Waals surface area contributed by atoms with Crippen LogP contribution in [0.5, 0.6) is 11.5 Å². The summed E-state index contributed by atoms with van der Waals surface area (Å²) in [5.41, 5.74) is 3.22. The molecule has 0 heterocycles. The van der Waals surface area contributed by atoms with E-state index in [1.807, 2.05) is 13.8 Å². The first-order valence-electron chi connectivity index (χ1n) is 6.61. The van der Waals surface area contributed by atoms with Crippen molar-refractivity contribution < 1.29 is 14.6 Å². The number of benzene rings is 1. The molecule has 0 unspecified atom stereocenters. The highest BCUT2D eigenvalue weighted by molar-refractivity contribution is 7.80. The van der Waals surface area contributed by atoms with Crippen LogP contribution >= 0.6 is 12.2 Å². The molecule has 0 saturated carbocycles. The Balaban J connectivity index is 2.57. The Morgan fingerprint density at radius 3 is 2.95 bits per heavy atom. The summed E-state index contributed by atoms with van der Waals surface area (Å²) in [4.78, 5) is 0. The van der Waals surface area contributed by atoms with Gasteiger partial charge in [0.1, 0.15) is 0 Å². The number of nitrogens with one attached hydrogen (secondary N) is 2. The van der Waals surface area contributed by atoms with Gasteiger partial charge >= 0.3 is 0 Å². The zero-order chi connectivity index (χ0) is 15.7. The standard InChI is InChI=1S/C14H21N3O3S/c1-4-20-12-7-5-6-11(13(12)18)8-15-17-14(21)16-10(2)9-19-3/h5-8,10,18H,4,9H2,1-3H3,(H2,16,17,21)/b15-8+/t10-/m1/s1. The van der Waals surface area contributed by atoms with E-state index in [4.69, 9.17) is 21.7 Å². The molecule has 1 atom stereocenters. The fraction of sp³-hybridized carbons (Fsp3) is 0.429. The largest absolute Gasteiger partial charge is 0.504 e. The zero-order valence-electron chi connectivity index (χ0n) is 12.4. The highest BCUT2D eigenvalue weighted by atomic mass is 32.1. The van der Waals surface area contributed by atoms with E-state index >= 15 is 0 Å². The number of hydrazone groups is 1. The number of nitrogens with zero attached hydrogens (tertiary/aromatic N) is 1. The van der Waals surface area contributed by atoms with Crippen molar-refractivity contribution in [2.45, 2.75) is 19.9 Å². The lowest BCUT2D eigenvalue weighted by Gasteiger charge is -2.13. The Morgan fingerprint density at radius 1 is 1.52 bits per heavy atom. The summed E-state index contributed by atoms with van der Waals surface area (Å²) >= 11 is 5.08. The zero-order valence-corrected chi connectivity index (χ0v) is 13.2. The van der Waals surface area contributed by atoms with E-state index in [1.165, 1.54) is 6.21 Å². The van der Waals surface area contributed by atoms with Crippen LogP contribution in [0.15, 0.2) is 23.3 Å². The molecule has 0 aliphatic heterocycles. The number of ether oxygens (including phenoxy) is 2. The lowest BCUT2D eigenvalue weighted by Crippen LogP contribution is -2.40. The highest BCUT2D eigenvalue weighted by Gasteiger charge is 2.06. The number of aromatic hydroxyl groups is 1. The molecular formula is C14H21N3O3S. The molecule has 7 heteroatoms. The first-order valence-corrected chi connectivity index (χ1v) is 7.02. The molecule has 0 aliphatic rings. The van der Waals surface area contributed by atoms with Gasteiger partial charge in [-0.25, -0.2) is 0 Å². The Hall–Kier alpha value is -1.86. The van der Waals surface area contributed by atoms with Crippen molar-refractivity contribution in [3.05, 3.63) is 23.8 Å². The summed E-state index contributed by atoms with van der Waals surface area (Å²) in [7, 11) is 1.63. The quantitative estimate of drug-likeness (QED) is 0.404. The summed E-state index contributed by atoms with van der Waals surface area (Å²) < 4.78 is 10.3. The third kappa shape index (κ3) is 5.97. The molecule has 116 valence electrons. The van der Waals surface area contributed by atoms with Crippen LogP contribution in [0.25, 0.3) is 0 Å². The second-order valence-electron chi connectivity index (χ2n) is 4.33. The van der Waals surface area contributed by atoms with Gasteiger partial charge in [0, 0.05) is 18.7 Å². The second-order valence-corrected chi connectivity index (χ2v) is 4.74. The van der Waals surface area contributed by atoms with Crippen molar-refractivity contribution in [3.63, 3.8) is 0 Å². The fourth-order valence-electron chi connectivity index (χ4n) is 1.62. The third-order valence-electron chi connectivity index (χ3n) is 2.49. The van der Waals surface area contributed by atoms with E-state index in [-0.39, 0.29) is 11.8 Å². The lowest BCUT2D eigenvalue weighted by atomic mass is 10.2. The molecule has 1 aromatic carbocycles. The van der Waals surface area contributed by atoms with Gasteiger partial charge in [0.25, 0.3) is 0 Å². The van der Waals surface area contributed by atoms with Gasteiger partial charge in [-0.15, -0.1) is 0 Å². The molecule has 1 rings (SSSR count). The number of hydrogen-bond donors (Lipinski definition) is 3. The molecule has 6 nitrogen and oxygen atoms in total. The molecule has 0 aromatic heterocycles. The van der Waals surface area contributed by atoms with Gasteiger partial charge in [-0.2, -0.15) is 5.10 Å². The normalized spacial score (nSPS) is 12.1. The second kappa shape index (κ2) is 9.15. The van der Waals surface area contributed by atoms with Gasteiger partial charge in [0.2, 0.25) is 0 Å². The molecule has 0 fully saturated rings. The van der Waals surface area contributed by atoms with Gasteiger partial charge in [0.15, 0.2) is 16.6 Å². The van der Waals surface area contributed by atoms with Crippen LogP contribution in [0.1, 0.15) is 19.4 Å². The monoisotopic (exact) mass is 311 g/mol. The van der Waals surface area contributed by atoms with Crippen molar-refractivity contribution in [3.8, 4) is 11.5 Å². The molecule has 0 saturated heterocycles. The molecule has 0 amide bonds. The van der Waals surface area contributed by atoms with Crippen LogP contribution < -0.4 is 15.5 Å². The van der Waals surface area contributed by atoms with Gasteiger partial charge in [-0.05, 0) is 38.2 Å². The summed E-state index contributed by atoms with van der Waals surface area (Å²) in [6.07, 6.45) is 1.48. The van der Waals surface area contributed by atoms with Crippen LogP contribution in [-0.2, 0) is 4.74 Å². The summed E-state index contributed by atoms with van der Waals surface area (Å²) in [5.74, 6) is 0.479. The molecule has 0 aliphatic carbocycles. The molecule has 1 aromatic rings. The predicted molar refractivity (Wildman–Crippen MR) is 87.1 cm³/mol. The van der Waals surface area contributed by atoms with E-state index in [9.17, 15) is 5.11 Å². The van der Waals surface area contributed by atoms with E-state index in [2.05, 4.69) is 15.8 Å². The van der Waals surface area contributed by atoms with Crippen molar-refractivity contribution in [1.82, 2.24) is 10.7 Å². The maximum absolute atomic E-state index is 9.99. The minimum absolute atomic E-state index is 0.0523. The number of phenolic OH excluding ortho intramolecular Hbond substituents is 1. The Labute approximate surface area is 130 Å². The number of hydrogen-bond acceptors (Lipinski definition) is 5. The van der Waals surface area contributed by atoms with E-state index in [0.29, 0.717) is 29.6 Å². The predicted octanol–water partition coefficient (Wildman–Crippen LogP) is 1.62. The first kappa shape index (κ1) is 17.2. The van der Waals surface area contributed by atoms with Crippen molar-refractivity contribution in [1.29, 1.82) is 0 Å². The third-order valence-corrected chi connectivity index (χ3v) is 2.70. The molecular weight excluding hydrogens is 290 g/mol. The topological polar surface area (TPSA) is 75.1 Å². The van der Waals surface area contributed by atoms with Crippen molar-refractivity contribution in [2.75, 3.05) is 20.3 Å². The maximum Gasteiger partial charge on any atom is 0.187 e. The Kier molecular flexibility index (Phi) is 7.49. The number of rotatable bonds is 7. The van der Waals surface area contributed by atoms with E-state index in [0.717, 1.165) is 0 Å².